The summed E-state index contributed by atoms with van der Waals surface area (Å²) in [5.74, 6) is 0.999. The van der Waals surface area contributed by atoms with E-state index >= 15 is 0 Å². The van der Waals surface area contributed by atoms with Crippen LogP contribution < -0.4 is 0 Å². The Morgan fingerprint density at radius 2 is 1.52 bits per heavy atom. The van der Waals surface area contributed by atoms with Crippen molar-refractivity contribution in [1.82, 2.24) is 9.80 Å². The molecule has 0 radical (unpaired) electrons. The van der Waals surface area contributed by atoms with Crippen molar-refractivity contribution in [3.63, 3.8) is 0 Å². The van der Waals surface area contributed by atoms with Gasteiger partial charge in [-0.05, 0) is 24.0 Å². The van der Waals surface area contributed by atoms with Gasteiger partial charge in [0.05, 0.1) is 13.1 Å². The van der Waals surface area contributed by atoms with Crippen LogP contribution >= 0.6 is 12.6 Å². The average Bonchev–Trinajstić information content (AvgIpc) is 2.65. The first-order valence-electron chi connectivity index (χ1n) is 8.58. The van der Waals surface area contributed by atoms with Crippen molar-refractivity contribution in [3.8, 4) is 0 Å². The highest BCUT2D eigenvalue weighted by Crippen LogP contribution is 2.24. The number of carbonyl (C=O) groups is 2. The molecule has 1 aliphatic heterocycles. The fraction of sp³-hybridized carbons (Fsp3) is 0.882. The van der Waals surface area contributed by atoms with E-state index in [0.717, 1.165) is 6.42 Å². The highest BCUT2D eigenvalue weighted by atomic mass is 32.1. The first-order valence-corrected chi connectivity index (χ1v) is 9.21. The molecule has 1 saturated heterocycles. The zero-order valence-corrected chi connectivity index (χ0v) is 15.8. The van der Waals surface area contributed by atoms with Gasteiger partial charge >= 0.3 is 0 Å². The first kappa shape index (κ1) is 20.3. The van der Waals surface area contributed by atoms with E-state index in [2.05, 4.69) is 26.5 Å². The monoisotopic (exact) mass is 344 g/mol. The second-order valence-corrected chi connectivity index (χ2v) is 7.74. The van der Waals surface area contributed by atoms with E-state index in [-0.39, 0.29) is 24.3 Å². The van der Waals surface area contributed by atoms with Crippen LogP contribution in [-0.4, -0.2) is 64.3 Å². The second kappa shape index (κ2) is 8.92. The predicted molar refractivity (Wildman–Crippen MR) is 95.5 cm³/mol. The molecule has 0 aromatic heterocycles. The molecule has 134 valence electrons. The van der Waals surface area contributed by atoms with E-state index in [1.807, 2.05) is 13.8 Å². The van der Waals surface area contributed by atoms with Crippen molar-refractivity contribution in [1.29, 1.82) is 0 Å². The molecule has 0 spiro atoms. The lowest BCUT2D eigenvalue weighted by Gasteiger charge is -2.36. The Labute approximate surface area is 145 Å². The second-order valence-electron chi connectivity index (χ2n) is 7.29. The summed E-state index contributed by atoms with van der Waals surface area (Å²) in [6.07, 6.45) is 1.70. The number of carbonyl (C=O) groups excluding carboxylic acids is 2. The van der Waals surface area contributed by atoms with E-state index in [9.17, 15) is 14.7 Å². The van der Waals surface area contributed by atoms with Crippen molar-refractivity contribution in [2.24, 2.45) is 11.8 Å². The minimum atomic E-state index is -1.06. The number of amides is 2. The standard InChI is InChI=1S/C17H32N2O3S/c1-13(2)5-6-15(20)18-8-9-19(16(21)7-10-23)12-17(22,11-18)14(3)4/h13-14,22-23H,5-12H2,1-4H3. The molecule has 5 nitrogen and oxygen atoms in total. The molecular formula is C17H32N2O3S. The van der Waals surface area contributed by atoms with Gasteiger partial charge in [-0.25, -0.2) is 0 Å². The number of rotatable bonds is 6. The van der Waals surface area contributed by atoms with Crippen molar-refractivity contribution in [2.75, 3.05) is 31.9 Å². The van der Waals surface area contributed by atoms with E-state index in [0.29, 0.717) is 44.1 Å². The van der Waals surface area contributed by atoms with E-state index < -0.39 is 5.60 Å². The molecular weight excluding hydrogens is 312 g/mol. The van der Waals surface area contributed by atoms with E-state index in [4.69, 9.17) is 0 Å². The van der Waals surface area contributed by atoms with Crippen LogP contribution in [0.1, 0.15) is 47.0 Å². The summed E-state index contributed by atoms with van der Waals surface area (Å²) in [6, 6.07) is 0. The van der Waals surface area contributed by atoms with E-state index in [1.54, 1.807) is 9.80 Å². The normalized spacial score (nSPS) is 22.6. The van der Waals surface area contributed by atoms with Crippen LogP contribution in [-0.2, 0) is 9.59 Å². The van der Waals surface area contributed by atoms with Gasteiger partial charge in [0, 0.05) is 25.9 Å². The summed E-state index contributed by atoms with van der Waals surface area (Å²) >= 11 is 4.11. The zero-order chi connectivity index (χ0) is 17.6. The zero-order valence-electron chi connectivity index (χ0n) is 14.9. The summed E-state index contributed by atoms with van der Waals surface area (Å²) in [5, 5.41) is 11.0. The molecule has 2 amide bonds. The number of hydrogen-bond acceptors (Lipinski definition) is 4. The third-order valence-corrected chi connectivity index (χ3v) is 4.83. The molecule has 6 heteroatoms. The van der Waals surface area contributed by atoms with Gasteiger partial charge in [-0.2, -0.15) is 12.6 Å². The summed E-state index contributed by atoms with van der Waals surface area (Å²) in [5.41, 5.74) is -1.06. The quantitative estimate of drug-likeness (QED) is 0.722. The summed E-state index contributed by atoms with van der Waals surface area (Å²) in [6.45, 7) is 9.61. The molecule has 0 saturated carbocycles. The Bertz CT molecular complexity index is 415. The van der Waals surface area contributed by atoms with Gasteiger partial charge in [-0.3, -0.25) is 9.59 Å². The lowest BCUT2D eigenvalue weighted by atomic mass is 9.89. The Hall–Kier alpha value is -0.750. The number of thiol groups is 1. The van der Waals surface area contributed by atoms with Crippen molar-refractivity contribution < 1.29 is 14.7 Å². The highest BCUT2D eigenvalue weighted by molar-refractivity contribution is 7.80. The van der Waals surface area contributed by atoms with Crippen molar-refractivity contribution in [3.05, 3.63) is 0 Å². The summed E-state index contributed by atoms with van der Waals surface area (Å²) < 4.78 is 0. The van der Waals surface area contributed by atoms with Crippen LogP contribution in [0.15, 0.2) is 0 Å². The molecule has 23 heavy (non-hydrogen) atoms. The fourth-order valence-corrected chi connectivity index (χ4v) is 2.92. The maximum atomic E-state index is 12.5. The lowest BCUT2D eigenvalue weighted by molar-refractivity contribution is -0.136. The van der Waals surface area contributed by atoms with Crippen LogP contribution in [0.4, 0.5) is 0 Å². The SMILES string of the molecule is CC(C)CCC(=O)N1CCN(C(=O)CCS)CC(O)(C(C)C)C1. The average molecular weight is 345 g/mol. The fourth-order valence-electron chi connectivity index (χ4n) is 2.73. The number of aliphatic hydroxyl groups is 1. The molecule has 0 aromatic carbocycles. The Morgan fingerprint density at radius 1 is 1.04 bits per heavy atom. The van der Waals surface area contributed by atoms with Crippen molar-refractivity contribution >= 4 is 24.4 Å². The van der Waals surface area contributed by atoms with Crippen LogP contribution in [0.2, 0.25) is 0 Å². The maximum Gasteiger partial charge on any atom is 0.223 e. The maximum absolute atomic E-state index is 12.5. The molecule has 1 atom stereocenters. The first-order chi connectivity index (χ1) is 10.7. The minimum Gasteiger partial charge on any atom is -0.386 e. The molecule has 1 unspecified atom stereocenters. The van der Waals surface area contributed by atoms with Crippen LogP contribution in [0.25, 0.3) is 0 Å². The third kappa shape index (κ3) is 5.99. The van der Waals surface area contributed by atoms with Gasteiger partial charge in [0.2, 0.25) is 11.8 Å². The highest BCUT2D eigenvalue weighted by Gasteiger charge is 2.40. The molecule has 0 bridgehead atoms. The molecule has 1 rings (SSSR count). The molecule has 1 aliphatic rings. The molecule has 1 fully saturated rings. The van der Waals surface area contributed by atoms with Gasteiger partial charge in [0.25, 0.3) is 0 Å². The molecule has 0 aromatic rings. The van der Waals surface area contributed by atoms with Crippen LogP contribution in [0, 0.1) is 11.8 Å². The third-order valence-electron chi connectivity index (χ3n) is 4.61. The topological polar surface area (TPSA) is 60.9 Å². The molecule has 0 aliphatic carbocycles. The number of hydrogen-bond donors (Lipinski definition) is 2. The predicted octanol–water partition coefficient (Wildman–Crippen LogP) is 1.80. The van der Waals surface area contributed by atoms with Gasteiger partial charge in [0.15, 0.2) is 0 Å². The van der Waals surface area contributed by atoms with Gasteiger partial charge < -0.3 is 14.9 Å². The largest absolute Gasteiger partial charge is 0.386 e. The summed E-state index contributed by atoms with van der Waals surface area (Å²) in [7, 11) is 0. The lowest BCUT2D eigenvalue weighted by Crippen LogP contribution is -2.52. The smallest absolute Gasteiger partial charge is 0.223 e. The minimum absolute atomic E-state index is 0.00412. The molecule has 1 heterocycles. The van der Waals surface area contributed by atoms with Crippen LogP contribution in [0.3, 0.4) is 0 Å². The number of nitrogens with zero attached hydrogens (tertiary/aromatic N) is 2. The Kier molecular flexibility index (Phi) is 7.87. The van der Waals surface area contributed by atoms with Gasteiger partial charge in [0.1, 0.15) is 5.60 Å². The Morgan fingerprint density at radius 3 is 1.91 bits per heavy atom. The Balaban J connectivity index is 2.85. The van der Waals surface area contributed by atoms with Crippen molar-refractivity contribution in [2.45, 2.75) is 52.6 Å². The van der Waals surface area contributed by atoms with E-state index in [1.165, 1.54) is 0 Å². The summed E-state index contributed by atoms with van der Waals surface area (Å²) in [4.78, 5) is 28.1. The van der Waals surface area contributed by atoms with Gasteiger partial charge in [-0.1, -0.05) is 27.7 Å². The van der Waals surface area contributed by atoms with Crippen LogP contribution in [0.5, 0.6) is 0 Å². The van der Waals surface area contributed by atoms with Gasteiger partial charge in [-0.15, -0.1) is 0 Å². The molecule has 1 N–H and O–H groups in total. The number of β-amino-alcohol motifs (C(OH)–C–C–N with tert-alkyl or cyclic N) is 1.